The van der Waals surface area contributed by atoms with Gasteiger partial charge in [0.1, 0.15) is 5.82 Å². The third kappa shape index (κ3) is 1.64. The number of H-pyrrole nitrogens is 1. The van der Waals surface area contributed by atoms with Crippen LogP contribution in [0.1, 0.15) is 51.3 Å². The van der Waals surface area contributed by atoms with Crippen molar-refractivity contribution in [2.45, 2.75) is 56.0 Å². The fourth-order valence-electron chi connectivity index (χ4n) is 5.08. The van der Waals surface area contributed by atoms with E-state index in [1.54, 1.807) is 11.8 Å². The molecule has 98 valence electrons. The molecule has 0 amide bonds. The number of thioether (sulfide) groups is 1. The Morgan fingerprint density at radius 2 is 1.78 bits per heavy atom. The summed E-state index contributed by atoms with van der Waals surface area (Å²) in [5.41, 5.74) is 0.369. The van der Waals surface area contributed by atoms with E-state index in [1.165, 1.54) is 44.3 Å². The summed E-state index contributed by atoms with van der Waals surface area (Å²) in [5, 5.41) is 8.60. The van der Waals surface area contributed by atoms with Crippen molar-refractivity contribution >= 4 is 11.8 Å². The van der Waals surface area contributed by atoms with Gasteiger partial charge in [-0.25, -0.2) is 4.98 Å². The summed E-state index contributed by atoms with van der Waals surface area (Å²) in [5.74, 6) is 5.19. The first-order valence-corrected chi connectivity index (χ1v) is 8.31. The molecule has 0 saturated heterocycles. The molecule has 0 atom stereocenters. The van der Waals surface area contributed by atoms with Crippen LogP contribution in [0.25, 0.3) is 0 Å². The van der Waals surface area contributed by atoms with E-state index < -0.39 is 0 Å². The van der Waals surface area contributed by atoms with Gasteiger partial charge in [0.25, 0.3) is 0 Å². The maximum Gasteiger partial charge on any atom is 0.208 e. The van der Waals surface area contributed by atoms with Crippen LogP contribution in [0, 0.1) is 17.8 Å². The predicted octanol–water partition coefficient (Wildman–Crippen LogP) is 3.38. The maximum absolute atomic E-state index is 4.79. The summed E-state index contributed by atoms with van der Waals surface area (Å²) in [4.78, 5) is 4.79. The lowest BCUT2D eigenvalue weighted by atomic mass is 9.49. The molecule has 4 aliphatic carbocycles. The smallest absolute Gasteiger partial charge is 0.208 e. The Balaban J connectivity index is 1.66. The molecule has 4 aliphatic rings. The first kappa shape index (κ1) is 11.3. The zero-order valence-electron chi connectivity index (χ0n) is 11.0. The lowest BCUT2D eigenvalue weighted by Gasteiger charge is -2.55. The number of aromatic nitrogens is 3. The minimum Gasteiger partial charge on any atom is -0.262 e. The van der Waals surface area contributed by atoms with E-state index in [0.29, 0.717) is 5.41 Å². The van der Waals surface area contributed by atoms with E-state index in [2.05, 4.69) is 17.1 Å². The molecule has 0 unspecified atom stereocenters. The van der Waals surface area contributed by atoms with Crippen molar-refractivity contribution in [3.63, 3.8) is 0 Å². The first-order chi connectivity index (χ1) is 8.77. The van der Waals surface area contributed by atoms with Crippen LogP contribution in [0.2, 0.25) is 0 Å². The van der Waals surface area contributed by atoms with Crippen LogP contribution in [-0.2, 0) is 5.41 Å². The summed E-state index contributed by atoms with van der Waals surface area (Å²) < 4.78 is 0. The van der Waals surface area contributed by atoms with Crippen LogP contribution >= 0.6 is 11.8 Å². The summed E-state index contributed by atoms with van der Waals surface area (Å²) in [6, 6.07) is 0. The second-order valence-corrected chi connectivity index (χ2v) is 7.83. The highest BCUT2D eigenvalue weighted by molar-refractivity contribution is 7.99. The van der Waals surface area contributed by atoms with Gasteiger partial charge >= 0.3 is 0 Å². The van der Waals surface area contributed by atoms with E-state index in [4.69, 9.17) is 4.98 Å². The van der Waals surface area contributed by atoms with Crippen LogP contribution < -0.4 is 0 Å². The average molecular weight is 263 g/mol. The number of nitrogens with one attached hydrogen (secondary N) is 1. The Morgan fingerprint density at radius 3 is 2.33 bits per heavy atom. The molecule has 0 aromatic carbocycles. The Kier molecular flexibility index (Phi) is 2.51. The third-order valence-electron chi connectivity index (χ3n) is 5.28. The molecular formula is C14H21N3S. The van der Waals surface area contributed by atoms with Crippen molar-refractivity contribution in [2.75, 3.05) is 5.75 Å². The quantitative estimate of drug-likeness (QED) is 0.850. The molecule has 0 radical (unpaired) electrons. The van der Waals surface area contributed by atoms with E-state index in [-0.39, 0.29) is 0 Å². The molecule has 4 fully saturated rings. The number of nitrogens with zero attached hydrogens (tertiary/aromatic N) is 2. The van der Waals surface area contributed by atoms with Crippen LogP contribution in [0.3, 0.4) is 0 Å². The summed E-state index contributed by atoms with van der Waals surface area (Å²) in [7, 11) is 0. The van der Waals surface area contributed by atoms with Gasteiger partial charge in [-0.2, -0.15) is 0 Å². The molecule has 0 spiro atoms. The monoisotopic (exact) mass is 263 g/mol. The SMILES string of the molecule is CCSc1n[nH]c(C23CC4CC(CC(C4)C2)C3)n1. The fourth-order valence-corrected chi connectivity index (χ4v) is 5.60. The molecule has 5 rings (SSSR count). The van der Waals surface area contributed by atoms with Crippen molar-refractivity contribution in [1.82, 2.24) is 15.2 Å². The average Bonchev–Trinajstić information content (AvgIpc) is 2.77. The van der Waals surface area contributed by atoms with Gasteiger partial charge in [-0.05, 0) is 62.0 Å². The van der Waals surface area contributed by atoms with Gasteiger partial charge in [0.2, 0.25) is 5.16 Å². The largest absolute Gasteiger partial charge is 0.262 e. The molecule has 1 N–H and O–H groups in total. The molecule has 1 aromatic heterocycles. The van der Waals surface area contributed by atoms with Crippen LogP contribution in [-0.4, -0.2) is 20.9 Å². The predicted molar refractivity (Wildman–Crippen MR) is 72.6 cm³/mol. The van der Waals surface area contributed by atoms with Crippen molar-refractivity contribution in [3.8, 4) is 0 Å². The van der Waals surface area contributed by atoms with E-state index in [9.17, 15) is 0 Å². The Labute approximate surface area is 113 Å². The molecule has 4 heteroatoms. The molecule has 1 heterocycles. The topological polar surface area (TPSA) is 41.6 Å². The van der Waals surface area contributed by atoms with Crippen LogP contribution in [0.5, 0.6) is 0 Å². The van der Waals surface area contributed by atoms with Crippen molar-refractivity contribution < 1.29 is 0 Å². The normalized spacial score (nSPS) is 41.5. The van der Waals surface area contributed by atoms with Gasteiger partial charge in [0.05, 0.1) is 0 Å². The highest BCUT2D eigenvalue weighted by atomic mass is 32.2. The maximum atomic E-state index is 4.79. The second-order valence-electron chi connectivity index (χ2n) is 6.60. The van der Waals surface area contributed by atoms with Gasteiger partial charge in [-0.15, -0.1) is 5.10 Å². The number of hydrogen-bond donors (Lipinski definition) is 1. The molecule has 1 aromatic rings. The van der Waals surface area contributed by atoms with E-state index in [1.807, 2.05) is 0 Å². The highest BCUT2D eigenvalue weighted by Gasteiger charge is 2.53. The lowest BCUT2D eigenvalue weighted by Crippen LogP contribution is -2.49. The molecular weight excluding hydrogens is 242 g/mol. The van der Waals surface area contributed by atoms with E-state index >= 15 is 0 Å². The van der Waals surface area contributed by atoms with Crippen molar-refractivity contribution in [1.29, 1.82) is 0 Å². The van der Waals surface area contributed by atoms with Crippen LogP contribution in [0.15, 0.2) is 5.16 Å². The molecule has 0 aliphatic heterocycles. The molecule has 4 bridgehead atoms. The van der Waals surface area contributed by atoms with Crippen LogP contribution in [0.4, 0.5) is 0 Å². The zero-order valence-corrected chi connectivity index (χ0v) is 11.8. The van der Waals surface area contributed by atoms with Gasteiger partial charge in [0.15, 0.2) is 0 Å². The van der Waals surface area contributed by atoms with Crippen molar-refractivity contribution in [3.05, 3.63) is 5.82 Å². The fraction of sp³-hybridized carbons (Fsp3) is 0.857. The van der Waals surface area contributed by atoms with Crippen molar-refractivity contribution in [2.24, 2.45) is 17.8 Å². The molecule has 18 heavy (non-hydrogen) atoms. The van der Waals surface area contributed by atoms with Gasteiger partial charge in [-0.1, -0.05) is 18.7 Å². The molecule has 3 nitrogen and oxygen atoms in total. The Morgan fingerprint density at radius 1 is 1.17 bits per heavy atom. The Bertz CT molecular complexity index is 418. The first-order valence-electron chi connectivity index (χ1n) is 7.33. The standard InChI is InChI=1S/C14H21N3S/c1-2-18-13-15-12(16-17-13)14-6-9-3-10(7-14)5-11(4-9)8-14/h9-11H,2-8H2,1H3,(H,15,16,17). The Hall–Kier alpha value is -0.510. The minimum atomic E-state index is 0.369. The summed E-state index contributed by atoms with van der Waals surface area (Å²) in [6.45, 7) is 2.16. The van der Waals surface area contributed by atoms with Gasteiger partial charge in [0, 0.05) is 5.41 Å². The second kappa shape index (κ2) is 3.99. The zero-order chi connectivity index (χ0) is 12.2. The summed E-state index contributed by atoms with van der Waals surface area (Å²) >= 11 is 1.75. The van der Waals surface area contributed by atoms with Gasteiger partial charge < -0.3 is 0 Å². The number of rotatable bonds is 3. The summed E-state index contributed by atoms with van der Waals surface area (Å²) in [6.07, 6.45) is 8.57. The lowest BCUT2D eigenvalue weighted by molar-refractivity contribution is -0.00931. The third-order valence-corrected chi connectivity index (χ3v) is 6.01. The molecule has 4 saturated carbocycles. The van der Waals surface area contributed by atoms with E-state index in [0.717, 1.165) is 28.7 Å². The minimum absolute atomic E-state index is 0.369. The highest BCUT2D eigenvalue weighted by Crippen LogP contribution is 2.60. The van der Waals surface area contributed by atoms with Gasteiger partial charge in [-0.3, -0.25) is 5.10 Å². The number of hydrogen-bond acceptors (Lipinski definition) is 3. The number of aromatic amines is 1.